The van der Waals surface area contributed by atoms with Crippen LogP contribution in [0.4, 0.5) is 11.4 Å². The topological polar surface area (TPSA) is 147 Å². The number of amides is 1. The zero-order chi connectivity index (χ0) is 20.6. The number of nitro groups is 1. The normalized spacial score (nSPS) is 11.4. The summed E-state index contributed by atoms with van der Waals surface area (Å²) in [5, 5.41) is 24.1. The van der Waals surface area contributed by atoms with Crippen molar-refractivity contribution in [2.24, 2.45) is 0 Å². The van der Waals surface area contributed by atoms with Crippen molar-refractivity contribution in [1.29, 1.82) is 0 Å². The van der Waals surface area contributed by atoms with E-state index in [0.717, 1.165) is 6.07 Å². The lowest BCUT2D eigenvalue weighted by molar-refractivity contribution is -0.385. The first-order valence-corrected chi connectivity index (χ1v) is 9.32. The number of carbonyl (C=O) groups is 1. The van der Waals surface area contributed by atoms with Crippen LogP contribution in [0.1, 0.15) is 15.9 Å². The summed E-state index contributed by atoms with van der Waals surface area (Å²) in [6.07, 6.45) is 0. The fourth-order valence-electron chi connectivity index (χ4n) is 2.81. The zero-order valence-corrected chi connectivity index (χ0v) is 15.2. The van der Waals surface area contributed by atoms with Gasteiger partial charge in [-0.3, -0.25) is 19.5 Å². The molecule has 0 saturated carbocycles. The van der Waals surface area contributed by atoms with Gasteiger partial charge in [-0.25, -0.2) is 0 Å². The molecule has 28 heavy (non-hydrogen) atoms. The first-order chi connectivity index (χ1) is 13.1. The number of aryl methyl sites for hydroxylation is 1. The van der Waals surface area contributed by atoms with Gasteiger partial charge in [0.25, 0.3) is 21.7 Å². The van der Waals surface area contributed by atoms with E-state index in [1.54, 1.807) is 6.92 Å². The molecule has 0 aliphatic carbocycles. The highest BCUT2D eigenvalue weighted by Crippen LogP contribution is 2.37. The number of nitro benzene ring substituents is 1. The monoisotopic (exact) mass is 402 g/mol. The van der Waals surface area contributed by atoms with E-state index in [0.29, 0.717) is 5.56 Å². The van der Waals surface area contributed by atoms with Crippen molar-refractivity contribution in [1.82, 2.24) is 0 Å². The molecule has 144 valence electrons. The van der Waals surface area contributed by atoms with Crippen molar-refractivity contribution in [3.05, 3.63) is 69.8 Å². The molecule has 0 atom stereocenters. The third-order valence-electron chi connectivity index (χ3n) is 4.10. The molecular formula is C18H14N2O7S. The van der Waals surface area contributed by atoms with Crippen molar-refractivity contribution >= 4 is 38.2 Å². The Kier molecular flexibility index (Phi) is 4.75. The first kappa shape index (κ1) is 19.3. The lowest BCUT2D eigenvalue weighted by atomic mass is 10.1. The van der Waals surface area contributed by atoms with Crippen LogP contribution in [0.3, 0.4) is 0 Å². The Hall–Kier alpha value is -3.50. The van der Waals surface area contributed by atoms with Crippen molar-refractivity contribution in [3.63, 3.8) is 0 Å². The first-order valence-electron chi connectivity index (χ1n) is 7.88. The Morgan fingerprint density at radius 2 is 1.75 bits per heavy atom. The van der Waals surface area contributed by atoms with Crippen LogP contribution in [0.2, 0.25) is 0 Å². The van der Waals surface area contributed by atoms with Gasteiger partial charge in [0.15, 0.2) is 0 Å². The van der Waals surface area contributed by atoms with Gasteiger partial charge in [-0.1, -0.05) is 30.3 Å². The molecule has 0 spiro atoms. The lowest BCUT2D eigenvalue weighted by Crippen LogP contribution is -2.15. The molecule has 3 rings (SSSR count). The van der Waals surface area contributed by atoms with Crippen molar-refractivity contribution in [2.45, 2.75) is 11.8 Å². The van der Waals surface area contributed by atoms with E-state index in [4.69, 9.17) is 0 Å². The fourth-order valence-corrected chi connectivity index (χ4v) is 3.53. The number of fused-ring (bicyclic) bond motifs is 1. The molecule has 3 aromatic rings. The molecule has 3 N–H and O–H groups in total. The SMILES string of the molecule is Cc1ccc(C(=O)Nc2cc(S(=O)(=O)O)c3ccccc3c2O)c([N+](=O)[O-])c1. The molecule has 0 heterocycles. The molecule has 0 bridgehead atoms. The van der Waals surface area contributed by atoms with Gasteiger partial charge in [-0.15, -0.1) is 0 Å². The Labute approximate surface area is 159 Å². The van der Waals surface area contributed by atoms with E-state index in [1.165, 1.54) is 42.5 Å². The van der Waals surface area contributed by atoms with E-state index in [-0.39, 0.29) is 22.0 Å². The summed E-state index contributed by atoms with van der Waals surface area (Å²) < 4.78 is 32.9. The Balaban J connectivity index is 2.15. The Morgan fingerprint density at radius 1 is 1.11 bits per heavy atom. The second-order valence-electron chi connectivity index (χ2n) is 6.02. The molecule has 0 unspecified atom stereocenters. The lowest BCUT2D eigenvalue weighted by Gasteiger charge is -2.13. The predicted molar refractivity (Wildman–Crippen MR) is 101 cm³/mol. The number of anilines is 1. The second kappa shape index (κ2) is 6.91. The third-order valence-corrected chi connectivity index (χ3v) is 4.99. The minimum Gasteiger partial charge on any atom is -0.505 e. The van der Waals surface area contributed by atoms with Crippen LogP contribution < -0.4 is 5.32 Å². The third kappa shape index (κ3) is 3.50. The van der Waals surface area contributed by atoms with Gasteiger partial charge >= 0.3 is 0 Å². The largest absolute Gasteiger partial charge is 0.505 e. The molecule has 3 aromatic carbocycles. The van der Waals surface area contributed by atoms with Crippen molar-refractivity contribution < 1.29 is 27.8 Å². The van der Waals surface area contributed by atoms with Gasteiger partial charge in [0.1, 0.15) is 16.2 Å². The second-order valence-corrected chi connectivity index (χ2v) is 7.41. The molecule has 0 aliphatic heterocycles. The van der Waals surface area contributed by atoms with Crippen LogP contribution in [0, 0.1) is 17.0 Å². The highest BCUT2D eigenvalue weighted by Gasteiger charge is 2.24. The van der Waals surface area contributed by atoms with E-state index in [9.17, 15) is 33.0 Å². The molecule has 0 aliphatic rings. The molecule has 0 saturated heterocycles. The van der Waals surface area contributed by atoms with Gasteiger partial charge < -0.3 is 10.4 Å². The van der Waals surface area contributed by atoms with Crippen molar-refractivity contribution in [2.75, 3.05) is 5.32 Å². The molecule has 0 radical (unpaired) electrons. The standard InChI is InChI=1S/C18H14N2O7S/c1-10-6-7-13(15(8-10)20(23)24)18(22)19-14-9-16(28(25,26)27)11-4-2-3-5-12(11)17(14)21/h2-9,21H,1H3,(H,19,22)(H,25,26,27). The fraction of sp³-hybridized carbons (Fsp3) is 0.0556. The number of phenolic OH excluding ortho intramolecular Hbond substituents is 1. The molecule has 10 heteroatoms. The Bertz CT molecular complexity index is 1240. The number of hydrogen-bond donors (Lipinski definition) is 3. The van der Waals surface area contributed by atoms with Crippen LogP contribution in [-0.2, 0) is 10.1 Å². The average molecular weight is 402 g/mol. The minimum atomic E-state index is -4.67. The minimum absolute atomic E-state index is 0.0572. The summed E-state index contributed by atoms with van der Waals surface area (Å²) in [5.74, 6) is -1.36. The van der Waals surface area contributed by atoms with Crippen molar-refractivity contribution in [3.8, 4) is 5.75 Å². The molecular weight excluding hydrogens is 388 g/mol. The van der Waals surface area contributed by atoms with Crippen LogP contribution in [0.15, 0.2) is 53.4 Å². The number of carbonyl (C=O) groups excluding carboxylic acids is 1. The van der Waals surface area contributed by atoms with Gasteiger partial charge in [-0.05, 0) is 24.6 Å². The molecule has 1 amide bonds. The highest BCUT2D eigenvalue weighted by molar-refractivity contribution is 7.86. The van der Waals surface area contributed by atoms with Crippen LogP contribution in [0.25, 0.3) is 10.8 Å². The highest BCUT2D eigenvalue weighted by atomic mass is 32.2. The summed E-state index contributed by atoms with van der Waals surface area (Å²) in [4.78, 5) is 22.5. The maximum Gasteiger partial charge on any atom is 0.295 e. The summed E-state index contributed by atoms with van der Waals surface area (Å²) in [7, 11) is -4.67. The van der Waals surface area contributed by atoms with Crippen LogP contribution >= 0.6 is 0 Å². The Morgan fingerprint density at radius 3 is 2.36 bits per heavy atom. The summed E-state index contributed by atoms with van der Waals surface area (Å²) in [5.41, 5.74) is -0.444. The molecule has 0 fully saturated rings. The average Bonchev–Trinajstić information content (AvgIpc) is 2.62. The number of benzene rings is 3. The number of nitrogens with one attached hydrogen (secondary N) is 1. The number of hydrogen-bond acceptors (Lipinski definition) is 6. The number of nitrogens with zero attached hydrogens (tertiary/aromatic N) is 1. The number of rotatable bonds is 4. The molecule has 0 aromatic heterocycles. The number of phenols is 1. The number of aromatic hydroxyl groups is 1. The molecule has 9 nitrogen and oxygen atoms in total. The smallest absolute Gasteiger partial charge is 0.295 e. The quantitative estimate of drug-likeness (QED) is 0.263. The zero-order valence-electron chi connectivity index (χ0n) is 14.4. The van der Waals surface area contributed by atoms with E-state index in [2.05, 4.69) is 5.32 Å². The predicted octanol–water partition coefficient (Wildman–Crippen LogP) is 3.26. The van der Waals surface area contributed by atoms with Crippen LogP contribution in [-0.4, -0.2) is 28.9 Å². The summed E-state index contributed by atoms with van der Waals surface area (Å²) in [6, 6.07) is 10.7. The van der Waals surface area contributed by atoms with Gasteiger partial charge in [0.05, 0.1) is 10.6 Å². The van der Waals surface area contributed by atoms with Gasteiger partial charge in [0.2, 0.25) is 0 Å². The van der Waals surface area contributed by atoms with E-state index >= 15 is 0 Å². The van der Waals surface area contributed by atoms with Crippen LogP contribution in [0.5, 0.6) is 5.75 Å². The summed E-state index contributed by atoms with van der Waals surface area (Å²) in [6.45, 7) is 1.63. The van der Waals surface area contributed by atoms with E-state index < -0.39 is 37.3 Å². The van der Waals surface area contributed by atoms with Gasteiger partial charge in [-0.2, -0.15) is 8.42 Å². The van der Waals surface area contributed by atoms with Gasteiger partial charge in [0, 0.05) is 16.8 Å². The van der Waals surface area contributed by atoms with E-state index in [1.807, 2.05) is 0 Å². The summed E-state index contributed by atoms with van der Waals surface area (Å²) >= 11 is 0. The maximum atomic E-state index is 12.6. The maximum absolute atomic E-state index is 12.6.